The fraction of sp³-hybridized carbons (Fsp3) is 0.214. The molecule has 1 aromatic carbocycles. The zero-order valence-corrected chi connectivity index (χ0v) is 12.0. The van der Waals surface area contributed by atoms with E-state index < -0.39 is 5.97 Å². The Bertz CT molecular complexity index is 754. The summed E-state index contributed by atoms with van der Waals surface area (Å²) in [6.45, 7) is 0.262. The highest BCUT2D eigenvalue weighted by Crippen LogP contribution is 2.31. The maximum absolute atomic E-state index is 12.1. The summed E-state index contributed by atoms with van der Waals surface area (Å²) in [4.78, 5) is 28.9. The van der Waals surface area contributed by atoms with Gasteiger partial charge in [0.2, 0.25) is 5.91 Å². The lowest BCUT2D eigenvalue weighted by atomic mass is 10.1. The second kappa shape index (κ2) is 4.89. The van der Waals surface area contributed by atoms with E-state index >= 15 is 0 Å². The molecule has 108 valence electrons. The van der Waals surface area contributed by atoms with Gasteiger partial charge in [-0.25, -0.2) is 9.78 Å². The number of aromatic carboxylic acids is 1. The zero-order valence-electron chi connectivity index (χ0n) is 11.2. The van der Waals surface area contributed by atoms with Crippen molar-refractivity contribution < 1.29 is 14.7 Å². The van der Waals surface area contributed by atoms with Gasteiger partial charge in [-0.3, -0.25) is 4.79 Å². The minimum absolute atomic E-state index is 0.0772. The summed E-state index contributed by atoms with van der Waals surface area (Å²) in [7, 11) is 1.76. The van der Waals surface area contributed by atoms with Gasteiger partial charge in [0.15, 0.2) is 0 Å². The molecule has 2 aromatic rings. The van der Waals surface area contributed by atoms with Crippen LogP contribution in [0.15, 0.2) is 24.4 Å². The fourth-order valence-corrected chi connectivity index (χ4v) is 2.52. The predicted molar refractivity (Wildman–Crippen MR) is 76.5 cm³/mol. The van der Waals surface area contributed by atoms with Crippen LogP contribution in [0.1, 0.15) is 21.7 Å². The minimum atomic E-state index is -1.02. The number of hydrogen-bond acceptors (Lipinski definition) is 3. The molecule has 0 atom stereocenters. The molecule has 1 aliphatic heterocycles. The highest BCUT2D eigenvalue weighted by atomic mass is 35.5. The standard InChI is InChI=1S/C14H12ClN3O3/c1-17-11(15)6-16-12(17)7-18-10-4-9(14(20)21)3-2-8(10)5-13(18)19/h2-4,6H,5,7H2,1H3,(H,20,21). The first-order chi connectivity index (χ1) is 9.97. The second-order valence-electron chi connectivity index (χ2n) is 4.86. The van der Waals surface area contributed by atoms with Crippen molar-refractivity contribution in [1.29, 1.82) is 0 Å². The lowest BCUT2D eigenvalue weighted by Crippen LogP contribution is -2.27. The molecule has 7 heteroatoms. The van der Waals surface area contributed by atoms with E-state index in [0.29, 0.717) is 16.7 Å². The summed E-state index contributed by atoms with van der Waals surface area (Å²) in [6, 6.07) is 4.71. The van der Waals surface area contributed by atoms with Gasteiger partial charge in [0.05, 0.1) is 24.7 Å². The monoisotopic (exact) mass is 305 g/mol. The molecule has 0 spiro atoms. The summed E-state index contributed by atoms with van der Waals surface area (Å²) >= 11 is 5.94. The Morgan fingerprint density at radius 1 is 1.48 bits per heavy atom. The smallest absolute Gasteiger partial charge is 0.335 e. The molecule has 0 saturated heterocycles. The molecule has 1 N–H and O–H groups in total. The molecular weight excluding hydrogens is 294 g/mol. The number of fused-ring (bicyclic) bond motifs is 1. The van der Waals surface area contributed by atoms with Crippen LogP contribution in [-0.4, -0.2) is 26.5 Å². The first-order valence-electron chi connectivity index (χ1n) is 6.30. The number of benzene rings is 1. The summed E-state index contributed by atoms with van der Waals surface area (Å²) in [5.74, 6) is -0.453. The first-order valence-corrected chi connectivity index (χ1v) is 6.68. The highest BCUT2D eigenvalue weighted by molar-refractivity contribution is 6.29. The van der Waals surface area contributed by atoms with Crippen molar-refractivity contribution in [2.75, 3.05) is 4.90 Å². The number of carbonyl (C=O) groups excluding carboxylic acids is 1. The van der Waals surface area contributed by atoms with Crippen molar-refractivity contribution >= 4 is 29.2 Å². The van der Waals surface area contributed by atoms with Crippen molar-refractivity contribution in [1.82, 2.24) is 9.55 Å². The SMILES string of the molecule is Cn1c(Cl)cnc1CN1C(=O)Cc2ccc(C(=O)O)cc21. The maximum atomic E-state index is 12.1. The van der Waals surface area contributed by atoms with Crippen molar-refractivity contribution in [3.8, 4) is 0 Å². The van der Waals surface area contributed by atoms with E-state index in [2.05, 4.69) is 4.98 Å². The van der Waals surface area contributed by atoms with E-state index in [9.17, 15) is 9.59 Å². The molecule has 21 heavy (non-hydrogen) atoms. The molecule has 3 rings (SSSR count). The van der Waals surface area contributed by atoms with E-state index in [4.69, 9.17) is 16.7 Å². The molecule has 0 bridgehead atoms. The zero-order chi connectivity index (χ0) is 15.1. The quantitative estimate of drug-likeness (QED) is 0.939. The Labute approximate surface area is 125 Å². The Balaban J connectivity index is 1.98. The van der Waals surface area contributed by atoms with Crippen LogP contribution >= 0.6 is 11.6 Å². The van der Waals surface area contributed by atoms with Gasteiger partial charge in [-0.1, -0.05) is 17.7 Å². The normalized spacial score (nSPS) is 13.6. The van der Waals surface area contributed by atoms with Gasteiger partial charge in [-0.05, 0) is 17.7 Å². The summed E-state index contributed by atoms with van der Waals surface area (Å²) < 4.78 is 1.69. The van der Waals surface area contributed by atoms with Gasteiger partial charge >= 0.3 is 5.97 Å². The van der Waals surface area contributed by atoms with Gasteiger partial charge in [-0.2, -0.15) is 0 Å². The molecule has 1 amide bonds. The summed E-state index contributed by atoms with van der Waals surface area (Å²) in [6.07, 6.45) is 1.79. The average molecular weight is 306 g/mol. The highest BCUT2D eigenvalue weighted by Gasteiger charge is 2.29. The first kappa shape index (κ1) is 13.6. The number of carbonyl (C=O) groups is 2. The maximum Gasteiger partial charge on any atom is 0.335 e. The van der Waals surface area contributed by atoms with Gasteiger partial charge in [0.1, 0.15) is 11.0 Å². The average Bonchev–Trinajstić information content (AvgIpc) is 2.93. The Morgan fingerprint density at radius 3 is 2.86 bits per heavy atom. The number of amides is 1. The van der Waals surface area contributed by atoms with Crippen LogP contribution in [0, 0.1) is 0 Å². The Hall–Kier alpha value is -2.34. The lowest BCUT2D eigenvalue weighted by molar-refractivity contribution is -0.117. The molecule has 1 aliphatic rings. The van der Waals surface area contributed by atoms with Crippen LogP contribution in [0.25, 0.3) is 0 Å². The summed E-state index contributed by atoms with van der Waals surface area (Å²) in [5, 5.41) is 9.55. The fourth-order valence-electron chi connectivity index (χ4n) is 2.38. The number of aromatic nitrogens is 2. The van der Waals surface area contributed by atoms with E-state index in [1.54, 1.807) is 22.6 Å². The molecule has 6 nitrogen and oxygen atoms in total. The van der Waals surface area contributed by atoms with Gasteiger partial charge in [-0.15, -0.1) is 0 Å². The van der Waals surface area contributed by atoms with Crippen molar-refractivity contribution in [3.63, 3.8) is 0 Å². The van der Waals surface area contributed by atoms with Crippen LogP contribution in [0.3, 0.4) is 0 Å². The number of anilines is 1. The molecule has 1 aromatic heterocycles. The molecule has 0 aliphatic carbocycles. The van der Waals surface area contributed by atoms with Gasteiger partial charge in [0, 0.05) is 12.7 Å². The molecule has 0 radical (unpaired) electrons. The molecular formula is C14H12ClN3O3. The second-order valence-corrected chi connectivity index (χ2v) is 5.25. The van der Waals surface area contributed by atoms with Gasteiger partial charge in [0.25, 0.3) is 0 Å². The number of hydrogen-bond donors (Lipinski definition) is 1. The summed E-state index contributed by atoms with van der Waals surface area (Å²) in [5.41, 5.74) is 1.61. The van der Waals surface area contributed by atoms with Crippen LogP contribution in [0.5, 0.6) is 0 Å². The van der Waals surface area contributed by atoms with Crippen LogP contribution in [0.2, 0.25) is 5.15 Å². The largest absolute Gasteiger partial charge is 0.478 e. The third-order valence-electron chi connectivity index (χ3n) is 3.59. The van der Waals surface area contributed by atoms with E-state index in [0.717, 1.165) is 5.56 Å². The van der Waals surface area contributed by atoms with Crippen LogP contribution in [0.4, 0.5) is 5.69 Å². The minimum Gasteiger partial charge on any atom is -0.478 e. The van der Waals surface area contributed by atoms with Crippen molar-refractivity contribution in [2.45, 2.75) is 13.0 Å². The molecule has 0 unspecified atom stereocenters. The Kier molecular flexibility index (Phi) is 3.17. The molecule has 0 fully saturated rings. The third kappa shape index (κ3) is 2.27. The number of rotatable bonds is 3. The molecule has 2 heterocycles. The number of halogens is 1. The van der Waals surface area contributed by atoms with Crippen molar-refractivity contribution in [2.24, 2.45) is 7.05 Å². The lowest BCUT2D eigenvalue weighted by Gasteiger charge is -2.17. The topological polar surface area (TPSA) is 75.4 Å². The number of carboxylic acid groups (broad SMARTS) is 1. The van der Waals surface area contributed by atoms with Crippen molar-refractivity contribution in [3.05, 3.63) is 46.5 Å². The van der Waals surface area contributed by atoms with Crippen LogP contribution < -0.4 is 4.90 Å². The van der Waals surface area contributed by atoms with E-state index in [1.807, 2.05) is 0 Å². The van der Waals surface area contributed by atoms with E-state index in [-0.39, 0.29) is 24.4 Å². The van der Waals surface area contributed by atoms with Gasteiger partial charge < -0.3 is 14.6 Å². The number of imidazole rings is 1. The predicted octanol–water partition coefficient (Wildman–Crippen LogP) is 1.86. The van der Waals surface area contributed by atoms with Crippen LogP contribution in [-0.2, 0) is 24.8 Å². The number of carboxylic acids is 1. The molecule has 0 saturated carbocycles. The van der Waals surface area contributed by atoms with E-state index in [1.165, 1.54) is 18.3 Å². The third-order valence-corrected chi connectivity index (χ3v) is 3.94. The Morgan fingerprint density at radius 2 is 2.24 bits per heavy atom. The number of nitrogens with zero attached hydrogens (tertiary/aromatic N) is 3.